The minimum atomic E-state index is -0.398. The first-order chi connectivity index (χ1) is 42.1. The van der Waals surface area contributed by atoms with Gasteiger partial charge in [-0.3, -0.25) is 0 Å². The largest absolute Gasteiger partial charge is 0.208 e. The average Bonchev–Trinajstić information content (AvgIpc) is 1.56. The van der Waals surface area contributed by atoms with Crippen molar-refractivity contribution in [2.75, 3.05) is 0 Å². The highest BCUT2D eigenvalue weighted by Crippen LogP contribution is 2.63. The van der Waals surface area contributed by atoms with Crippen molar-refractivity contribution in [3.05, 3.63) is 344 Å². The molecule has 3 nitrogen and oxygen atoms in total. The summed E-state index contributed by atoms with van der Waals surface area (Å²) in [4.78, 5) is 15.7. The molecule has 0 bridgehead atoms. The lowest BCUT2D eigenvalue weighted by Gasteiger charge is -2.30. The fourth-order valence-corrected chi connectivity index (χ4v) is 13.3. The van der Waals surface area contributed by atoms with Crippen molar-refractivity contribution in [2.24, 2.45) is 0 Å². The number of aromatic nitrogens is 3. The van der Waals surface area contributed by atoms with Crippen molar-refractivity contribution in [3.8, 4) is 134 Å². The third-order valence-corrected chi connectivity index (χ3v) is 17.4. The van der Waals surface area contributed by atoms with E-state index in [9.17, 15) is 0 Å². The van der Waals surface area contributed by atoms with Crippen LogP contribution < -0.4 is 0 Å². The van der Waals surface area contributed by atoms with E-state index in [0.29, 0.717) is 17.5 Å². The zero-order valence-corrected chi connectivity index (χ0v) is 46.4. The Morgan fingerprint density at radius 3 is 0.765 bits per heavy atom. The first kappa shape index (κ1) is 49.7. The minimum absolute atomic E-state index is 0.398. The summed E-state index contributed by atoms with van der Waals surface area (Å²) in [5.74, 6) is 1.82. The second-order valence-corrected chi connectivity index (χ2v) is 22.2. The summed E-state index contributed by atoms with van der Waals surface area (Å²) in [6.07, 6.45) is 0. The molecule has 1 spiro atoms. The number of fused-ring (bicyclic) bond motifs is 10. The first-order valence-electron chi connectivity index (χ1n) is 29.1. The lowest BCUT2D eigenvalue weighted by molar-refractivity contribution is 0.794. The van der Waals surface area contributed by atoms with E-state index < -0.39 is 5.41 Å². The monoisotopic (exact) mass is 1080 g/mol. The SMILES string of the molecule is c1ccc(-c2cccc(-c3ccc(-c4nc(-c5ccc(-c6cccc(-c7ccccc7)c6)cc5)nc(-c5cccc(-c6cccc(-c7cccc(-c8ccc9c(c8)C8(c%10ccccc%10-c%10ccccc%108)c8ccccc8-9)c7)c6)c5)n4)cc3)c2)cc1. The maximum Gasteiger partial charge on any atom is 0.164 e. The fourth-order valence-electron chi connectivity index (χ4n) is 13.3. The highest BCUT2D eigenvalue weighted by atomic mass is 15.0. The third kappa shape index (κ3) is 8.72. The summed E-state index contributed by atoms with van der Waals surface area (Å²) >= 11 is 0. The summed E-state index contributed by atoms with van der Waals surface area (Å²) < 4.78 is 0. The van der Waals surface area contributed by atoms with Gasteiger partial charge in [0.1, 0.15) is 0 Å². The second kappa shape index (κ2) is 20.7. The van der Waals surface area contributed by atoms with Crippen molar-refractivity contribution in [1.29, 1.82) is 0 Å². The molecule has 0 saturated carbocycles. The van der Waals surface area contributed by atoms with Crippen LogP contribution >= 0.6 is 0 Å². The minimum Gasteiger partial charge on any atom is -0.208 e. The summed E-state index contributed by atoms with van der Waals surface area (Å²) in [7, 11) is 0. The highest BCUT2D eigenvalue weighted by Gasteiger charge is 2.51. The molecule has 13 aromatic carbocycles. The van der Waals surface area contributed by atoms with Crippen LogP contribution in [-0.2, 0) is 5.41 Å². The molecule has 0 fully saturated rings. The van der Waals surface area contributed by atoms with Gasteiger partial charge in [-0.1, -0.05) is 285 Å². The molecule has 396 valence electrons. The van der Waals surface area contributed by atoms with Gasteiger partial charge in [0.25, 0.3) is 0 Å². The predicted octanol–water partition coefficient (Wildman–Crippen LogP) is 20.9. The number of hydrogen-bond donors (Lipinski definition) is 0. The molecule has 16 rings (SSSR count). The number of hydrogen-bond acceptors (Lipinski definition) is 3. The van der Waals surface area contributed by atoms with E-state index in [1.165, 1.54) is 77.9 Å². The van der Waals surface area contributed by atoms with Gasteiger partial charge in [-0.2, -0.15) is 0 Å². The smallest absolute Gasteiger partial charge is 0.164 e. The summed E-state index contributed by atoms with van der Waals surface area (Å²) in [6, 6.07) is 116. The van der Waals surface area contributed by atoms with Crippen LogP contribution in [0.15, 0.2) is 322 Å². The lowest BCUT2D eigenvalue weighted by atomic mass is 9.70. The highest BCUT2D eigenvalue weighted by molar-refractivity contribution is 5.96. The summed E-state index contributed by atoms with van der Waals surface area (Å²) in [6.45, 7) is 0. The van der Waals surface area contributed by atoms with Crippen LogP contribution in [0.2, 0.25) is 0 Å². The normalized spacial score (nSPS) is 12.3. The van der Waals surface area contributed by atoms with Gasteiger partial charge in [-0.25, -0.2) is 15.0 Å². The van der Waals surface area contributed by atoms with Crippen LogP contribution in [-0.4, -0.2) is 15.0 Å². The molecule has 14 aromatic rings. The maximum absolute atomic E-state index is 5.25. The fraction of sp³-hybridized carbons (Fsp3) is 0.0122. The number of nitrogens with zero attached hydrogens (tertiary/aromatic N) is 3. The van der Waals surface area contributed by atoms with E-state index in [1.807, 2.05) is 0 Å². The predicted molar refractivity (Wildman–Crippen MR) is 350 cm³/mol. The van der Waals surface area contributed by atoms with Crippen molar-refractivity contribution in [1.82, 2.24) is 15.0 Å². The van der Waals surface area contributed by atoms with Gasteiger partial charge in [0.05, 0.1) is 5.41 Å². The molecular weight excluding hydrogens is 1030 g/mol. The molecule has 0 unspecified atom stereocenters. The molecule has 2 aliphatic rings. The Morgan fingerprint density at radius 1 is 0.153 bits per heavy atom. The second-order valence-electron chi connectivity index (χ2n) is 22.2. The molecule has 1 aromatic heterocycles. The average molecular weight is 1080 g/mol. The van der Waals surface area contributed by atoms with Crippen LogP contribution in [0.25, 0.3) is 134 Å². The maximum atomic E-state index is 5.25. The van der Waals surface area contributed by atoms with E-state index in [-0.39, 0.29) is 0 Å². The summed E-state index contributed by atoms with van der Waals surface area (Å²) in [5, 5.41) is 0. The van der Waals surface area contributed by atoms with Crippen LogP contribution in [0.5, 0.6) is 0 Å². The Bertz CT molecular complexity index is 4660. The van der Waals surface area contributed by atoms with Crippen LogP contribution in [0.4, 0.5) is 0 Å². The molecule has 3 heteroatoms. The van der Waals surface area contributed by atoms with Crippen LogP contribution in [0.3, 0.4) is 0 Å². The zero-order valence-electron chi connectivity index (χ0n) is 46.4. The molecule has 1 heterocycles. The molecule has 0 N–H and O–H groups in total. The van der Waals surface area contributed by atoms with Gasteiger partial charge in [0, 0.05) is 16.7 Å². The Balaban J connectivity index is 0.740. The molecule has 85 heavy (non-hydrogen) atoms. The molecule has 2 aliphatic carbocycles. The molecular formula is C82H53N3. The third-order valence-electron chi connectivity index (χ3n) is 17.4. The number of benzene rings is 13. The first-order valence-corrected chi connectivity index (χ1v) is 29.1. The molecule has 0 atom stereocenters. The summed E-state index contributed by atoms with van der Waals surface area (Å²) in [5.41, 5.74) is 29.1. The van der Waals surface area contributed by atoms with Crippen LogP contribution in [0, 0.1) is 0 Å². The van der Waals surface area contributed by atoms with E-state index >= 15 is 0 Å². The molecule has 0 amide bonds. The topological polar surface area (TPSA) is 38.7 Å². The van der Waals surface area contributed by atoms with Gasteiger partial charge in [0.15, 0.2) is 17.5 Å². The molecule has 0 saturated heterocycles. The van der Waals surface area contributed by atoms with Gasteiger partial charge in [-0.05, 0) is 159 Å². The molecule has 0 radical (unpaired) electrons. The van der Waals surface area contributed by atoms with E-state index in [1.54, 1.807) is 0 Å². The Hall–Kier alpha value is -11.1. The van der Waals surface area contributed by atoms with E-state index in [4.69, 9.17) is 15.0 Å². The Kier molecular flexibility index (Phi) is 12.1. The van der Waals surface area contributed by atoms with Gasteiger partial charge >= 0.3 is 0 Å². The lowest BCUT2D eigenvalue weighted by Crippen LogP contribution is -2.25. The van der Waals surface area contributed by atoms with Gasteiger partial charge in [-0.15, -0.1) is 0 Å². The number of rotatable bonds is 10. The van der Waals surface area contributed by atoms with Crippen molar-refractivity contribution in [3.63, 3.8) is 0 Å². The van der Waals surface area contributed by atoms with Crippen LogP contribution in [0.1, 0.15) is 22.3 Å². The quantitative estimate of drug-likeness (QED) is 0.137. The van der Waals surface area contributed by atoms with Gasteiger partial charge in [0.2, 0.25) is 0 Å². The molecule has 0 aliphatic heterocycles. The van der Waals surface area contributed by atoms with Gasteiger partial charge < -0.3 is 0 Å². The van der Waals surface area contributed by atoms with Crippen molar-refractivity contribution >= 4 is 0 Å². The Labute approximate surface area is 495 Å². The van der Waals surface area contributed by atoms with Crippen molar-refractivity contribution < 1.29 is 0 Å². The zero-order chi connectivity index (χ0) is 56.3. The standard InChI is InChI=1S/C82H53N3/c1-3-18-54(19-4-1)60-22-13-24-62(48-60)56-38-42-58(43-39-56)79-83-80(59-44-40-57(41-45-59)63-25-14-23-61(49-63)55-20-5-2-6-21-55)85-81(84-79)70-31-17-30-68(52-70)66-28-15-26-64(50-66)65-27-16-29-67(51-65)69-46-47-74-73-34-9-12-37-77(73)82(78(74)53-69)75-35-10-7-32-71(75)72-33-8-11-36-76(72)82/h1-53H. The Morgan fingerprint density at radius 2 is 0.388 bits per heavy atom. The van der Waals surface area contributed by atoms with E-state index in [2.05, 4.69) is 322 Å². The van der Waals surface area contributed by atoms with Crippen molar-refractivity contribution in [2.45, 2.75) is 5.41 Å². The van der Waals surface area contributed by atoms with E-state index in [0.717, 1.165) is 61.2 Å².